The first-order valence-corrected chi connectivity index (χ1v) is 10.1. The highest BCUT2D eigenvalue weighted by atomic mass is 79.9. The van der Waals surface area contributed by atoms with Crippen molar-refractivity contribution in [2.24, 2.45) is 0 Å². The number of hydrogen-bond donors (Lipinski definition) is 1. The fourth-order valence-corrected chi connectivity index (χ4v) is 3.55. The van der Waals surface area contributed by atoms with Gasteiger partial charge in [-0.25, -0.2) is 0 Å². The Hall–Kier alpha value is -2.32. The number of anilines is 1. The first-order chi connectivity index (χ1) is 13.0. The van der Waals surface area contributed by atoms with E-state index in [2.05, 4.69) is 31.4 Å². The van der Waals surface area contributed by atoms with Crippen LogP contribution in [0.15, 0.2) is 51.5 Å². The molecule has 1 N–H and O–H groups in total. The third-order valence-electron chi connectivity index (χ3n) is 3.67. The molecule has 140 valence electrons. The molecule has 0 spiro atoms. The molecule has 0 saturated heterocycles. The predicted molar refractivity (Wildman–Crippen MR) is 110 cm³/mol. The number of benzene rings is 2. The molecule has 0 saturated carbocycles. The Morgan fingerprint density at radius 2 is 2.04 bits per heavy atom. The molecule has 1 heterocycles. The number of hydrogen-bond acceptors (Lipinski definition) is 6. The summed E-state index contributed by atoms with van der Waals surface area (Å²) in [5, 5.41) is 6.86. The molecule has 1 aromatic heterocycles. The molecule has 0 radical (unpaired) electrons. The number of ether oxygens (including phenoxy) is 1. The Bertz CT molecular complexity index is 928. The molecule has 0 unspecified atom stereocenters. The summed E-state index contributed by atoms with van der Waals surface area (Å²) in [6.45, 7) is 2.00. The van der Waals surface area contributed by atoms with Crippen LogP contribution in [0, 0.1) is 6.92 Å². The molecular formula is C19H18BrN3O3S. The normalized spacial score (nSPS) is 10.6. The number of rotatable bonds is 7. The first kappa shape index (κ1) is 19.4. The highest BCUT2D eigenvalue weighted by Crippen LogP contribution is 2.24. The van der Waals surface area contributed by atoms with Crippen molar-refractivity contribution in [1.29, 1.82) is 0 Å². The number of methoxy groups -OCH3 is 1. The van der Waals surface area contributed by atoms with E-state index in [9.17, 15) is 4.79 Å². The van der Waals surface area contributed by atoms with Crippen LogP contribution in [-0.4, -0.2) is 28.9 Å². The minimum Gasteiger partial charge on any atom is -0.497 e. The van der Waals surface area contributed by atoms with E-state index < -0.39 is 0 Å². The molecule has 0 aliphatic heterocycles. The van der Waals surface area contributed by atoms with Crippen LogP contribution in [0.25, 0.3) is 11.4 Å². The lowest BCUT2D eigenvalue weighted by atomic mass is 10.2. The number of aromatic nitrogens is 2. The van der Waals surface area contributed by atoms with E-state index >= 15 is 0 Å². The molecule has 27 heavy (non-hydrogen) atoms. The molecule has 3 rings (SSSR count). The molecule has 2 aromatic carbocycles. The van der Waals surface area contributed by atoms with Crippen molar-refractivity contribution < 1.29 is 14.1 Å². The lowest BCUT2D eigenvalue weighted by molar-refractivity contribution is -0.113. The van der Waals surface area contributed by atoms with E-state index in [0.717, 1.165) is 27.0 Å². The zero-order valence-corrected chi connectivity index (χ0v) is 17.3. The van der Waals surface area contributed by atoms with E-state index in [1.165, 1.54) is 11.8 Å². The zero-order valence-electron chi connectivity index (χ0n) is 14.9. The molecule has 0 fully saturated rings. The third kappa shape index (κ3) is 5.33. The molecular weight excluding hydrogens is 430 g/mol. The number of carbonyl (C=O) groups excluding carboxylic acids is 1. The third-order valence-corrected chi connectivity index (χ3v) is 5.25. The van der Waals surface area contributed by atoms with Crippen molar-refractivity contribution in [1.82, 2.24) is 10.1 Å². The van der Waals surface area contributed by atoms with Crippen LogP contribution in [-0.2, 0) is 10.5 Å². The Kier molecular flexibility index (Phi) is 6.52. The number of amides is 1. The van der Waals surface area contributed by atoms with E-state index in [-0.39, 0.29) is 5.91 Å². The van der Waals surface area contributed by atoms with Crippen LogP contribution in [0.2, 0.25) is 0 Å². The lowest BCUT2D eigenvalue weighted by Gasteiger charge is -2.07. The average molecular weight is 448 g/mol. The van der Waals surface area contributed by atoms with Crippen LogP contribution < -0.4 is 10.1 Å². The maximum absolute atomic E-state index is 12.1. The van der Waals surface area contributed by atoms with Crippen molar-refractivity contribution in [3.63, 3.8) is 0 Å². The van der Waals surface area contributed by atoms with E-state index in [4.69, 9.17) is 9.26 Å². The lowest BCUT2D eigenvalue weighted by Crippen LogP contribution is -2.14. The van der Waals surface area contributed by atoms with Crippen LogP contribution >= 0.6 is 27.7 Å². The summed E-state index contributed by atoms with van der Waals surface area (Å²) < 4.78 is 11.3. The number of aryl methyl sites for hydroxylation is 1. The summed E-state index contributed by atoms with van der Waals surface area (Å²) in [6.07, 6.45) is 0. The minimum absolute atomic E-state index is 0.0838. The van der Waals surface area contributed by atoms with Crippen LogP contribution in [0.3, 0.4) is 0 Å². The molecule has 0 aliphatic rings. The molecule has 0 bridgehead atoms. The average Bonchev–Trinajstić information content (AvgIpc) is 3.13. The largest absolute Gasteiger partial charge is 0.497 e. The maximum atomic E-state index is 12.1. The summed E-state index contributed by atoms with van der Waals surface area (Å²) in [4.78, 5) is 16.5. The minimum atomic E-state index is -0.0838. The molecule has 3 aromatic rings. The van der Waals surface area contributed by atoms with Crippen molar-refractivity contribution in [3.05, 3.63) is 58.4 Å². The predicted octanol–water partition coefficient (Wildman–Crippen LogP) is 4.69. The quantitative estimate of drug-likeness (QED) is 0.565. The topological polar surface area (TPSA) is 77.2 Å². The first-order valence-electron chi connectivity index (χ1n) is 8.16. The van der Waals surface area contributed by atoms with E-state index in [1.807, 2.05) is 49.4 Å². The highest BCUT2D eigenvalue weighted by molar-refractivity contribution is 9.10. The van der Waals surface area contributed by atoms with Gasteiger partial charge in [-0.1, -0.05) is 11.2 Å². The summed E-state index contributed by atoms with van der Waals surface area (Å²) in [6, 6.07) is 13.2. The molecule has 6 nitrogen and oxygen atoms in total. The second kappa shape index (κ2) is 9.05. The van der Waals surface area contributed by atoms with Gasteiger partial charge in [0.15, 0.2) is 0 Å². The summed E-state index contributed by atoms with van der Waals surface area (Å²) in [5.74, 6) is 2.44. The summed E-state index contributed by atoms with van der Waals surface area (Å²) in [5.41, 5.74) is 2.72. The monoisotopic (exact) mass is 447 g/mol. The van der Waals surface area contributed by atoms with Crippen molar-refractivity contribution in [2.45, 2.75) is 12.7 Å². The van der Waals surface area contributed by atoms with Crippen LogP contribution in [0.5, 0.6) is 5.75 Å². The van der Waals surface area contributed by atoms with Gasteiger partial charge < -0.3 is 14.6 Å². The SMILES string of the molecule is COc1ccc(-c2noc(CSCC(=O)Nc3ccc(C)cc3Br)n2)cc1. The van der Waals surface area contributed by atoms with Crippen molar-refractivity contribution in [2.75, 3.05) is 18.2 Å². The Morgan fingerprint density at radius 3 is 2.74 bits per heavy atom. The van der Waals surface area contributed by atoms with Crippen molar-refractivity contribution in [3.8, 4) is 17.1 Å². The number of thioether (sulfide) groups is 1. The number of halogens is 1. The Morgan fingerprint density at radius 1 is 1.26 bits per heavy atom. The number of carbonyl (C=O) groups is 1. The molecule has 0 aliphatic carbocycles. The molecule has 8 heteroatoms. The van der Waals surface area contributed by atoms with Gasteiger partial charge in [-0.15, -0.1) is 11.8 Å². The van der Waals surface area contributed by atoms with Gasteiger partial charge in [-0.3, -0.25) is 4.79 Å². The fourth-order valence-electron chi connectivity index (χ4n) is 2.31. The summed E-state index contributed by atoms with van der Waals surface area (Å²) in [7, 11) is 1.62. The van der Waals surface area contributed by atoms with Crippen molar-refractivity contribution >= 4 is 39.3 Å². The number of nitrogens with zero attached hydrogens (tertiary/aromatic N) is 2. The second-order valence-corrected chi connectivity index (χ2v) is 7.60. The van der Waals surface area contributed by atoms with Crippen LogP contribution in [0.4, 0.5) is 5.69 Å². The highest BCUT2D eigenvalue weighted by Gasteiger charge is 2.11. The maximum Gasteiger partial charge on any atom is 0.236 e. The zero-order chi connectivity index (χ0) is 19.2. The standard InChI is InChI=1S/C19H18BrN3O3S/c1-12-3-8-16(15(20)9-12)21-17(24)10-27-11-18-22-19(23-26-18)13-4-6-14(25-2)7-5-13/h3-9H,10-11H2,1-2H3,(H,21,24). The van der Waals surface area contributed by atoms with Gasteiger partial charge in [-0.05, 0) is 64.8 Å². The number of nitrogens with one attached hydrogen (secondary N) is 1. The smallest absolute Gasteiger partial charge is 0.236 e. The summed E-state index contributed by atoms with van der Waals surface area (Å²) >= 11 is 4.87. The Balaban J connectivity index is 1.50. The van der Waals surface area contributed by atoms with Crippen LogP contribution in [0.1, 0.15) is 11.5 Å². The Labute approximate surface area is 169 Å². The van der Waals surface area contributed by atoms with Gasteiger partial charge in [-0.2, -0.15) is 4.98 Å². The van der Waals surface area contributed by atoms with Gasteiger partial charge in [0.2, 0.25) is 17.6 Å². The fraction of sp³-hybridized carbons (Fsp3) is 0.211. The van der Waals surface area contributed by atoms with Gasteiger partial charge in [0.25, 0.3) is 0 Å². The molecule has 0 atom stereocenters. The van der Waals surface area contributed by atoms with Gasteiger partial charge >= 0.3 is 0 Å². The van der Waals surface area contributed by atoms with E-state index in [1.54, 1.807) is 7.11 Å². The van der Waals surface area contributed by atoms with Gasteiger partial charge in [0, 0.05) is 10.0 Å². The van der Waals surface area contributed by atoms with E-state index in [0.29, 0.717) is 23.2 Å². The molecule has 1 amide bonds. The van der Waals surface area contributed by atoms with Gasteiger partial charge in [0.1, 0.15) is 5.75 Å². The van der Waals surface area contributed by atoms with Gasteiger partial charge in [0.05, 0.1) is 24.3 Å². The second-order valence-electron chi connectivity index (χ2n) is 5.76.